The van der Waals surface area contributed by atoms with Crippen molar-refractivity contribution in [1.29, 1.82) is 0 Å². The summed E-state index contributed by atoms with van der Waals surface area (Å²) < 4.78 is 0. The maximum absolute atomic E-state index is 10.00. The summed E-state index contributed by atoms with van der Waals surface area (Å²) in [5.41, 5.74) is 1.08. The first kappa shape index (κ1) is 11.1. The van der Waals surface area contributed by atoms with Gasteiger partial charge in [0.05, 0.1) is 6.04 Å². The van der Waals surface area contributed by atoms with Gasteiger partial charge in [-0.3, -0.25) is 4.90 Å². The normalized spacial score (nSPS) is 29.9. The Morgan fingerprint density at radius 1 is 1.18 bits per heavy atom. The Labute approximate surface area is 102 Å². The Morgan fingerprint density at radius 2 is 2.06 bits per heavy atom. The molecule has 2 aliphatic heterocycles. The molecule has 2 aliphatic rings. The van der Waals surface area contributed by atoms with Gasteiger partial charge in [-0.05, 0) is 25.5 Å². The number of hydrogen-bond acceptors (Lipinski definition) is 3. The molecule has 2 atom stereocenters. The zero-order valence-electron chi connectivity index (χ0n) is 10.1. The van der Waals surface area contributed by atoms with Crippen molar-refractivity contribution in [3.8, 4) is 5.75 Å². The van der Waals surface area contributed by atoms with Crippen molar-refractivity contribution in [2.24, 2.45) is 0 Å². The van der Waals surface area contributed by atoms with Gasteiger partial charge in [0.2, 0.25) is 0 Å². The minimum atomic E-state index is 0.343. The van der Waals surface area contributed by atoms with Gasteiger partial charge >= 0.3 is 0 Å². The number of phenolic OH excluding ortho intramolecular Hbond substituents is 1. The molecular weight excluding hydrogens is 212 g/mol. The van der Waals surface area contributed by atoms with Crippen LogP contribution < -0.4 is 5.32 Å². The van der Waals surface area contributed by atoms with Crippen LogP contribution in [-0.2, 0) is 0 Å². The molecular formula is C14H20N2O. The van der Waals surface area contributed by atoms with Crippen LogP contribution in [0.2, 0.25) is 0 Å². The quantitative estimate of drug-likeness (QED) is 0.776. The van der Waals surface area contributed by atoms with Crippen LogP contribution in [0.5, 0.6) is 5.75 Å². The molecule has 2 unspecified atom stereocenters. The first-order chi connectivity index (χ1) is 8.36. The minimum Gasteiger partial charge on any atom is -0.508 e. The fraction of sp³-hybridized carbons (Fsp3) is 0.571. The molecule has 0 spiro atoms. The third-order valence-electron chi connectivity index (χ3n) is 4.09. The molecule has 0 aromatic heterocycles. The standard InChI is InChI=1S/C14H20N2O/c17-14-7-2-1-6-12(14)13-10-15-9-11-5-3-4-8-16(11)13/h1-2,6-7,11,13,15,17H,3-5,8-10H2. The molecule has 2 heterocycles. The predicted octanol–water partition coefficient (Wildman–Crippen LogP) is 1.89. The number of para-hydroxylation sites is 1. The van der Waals surface area contributed by atoms with Crippen LogP contribution in [-0.4, -0.2) is 35.7 Å². The first-order valence-electron chi connectivity index (χ1n) is 6.60. The van der Waals surface area contributed by atoms with E-state index in [1.165, 1.54) is 25.8 Å². The van der Waals surface area contributed by atoms with Crippen molar-refractivity contribution in [3.63, 3.8) is 0 Å². The Morgan fingerprint density at radius 3 is 2.94 bits per heavy atom. The number of nitrogens with one attached hydrogen (secondary N) is 1. The van der Waals surface area contributed by atoms with Gasteiger partial charge in [-0.15, -0.1) is 0 Å². The van der Waals surface area contributed by atoms with Crippen molar-refractivity contribution >= 4 is 0 Å². The van der Waals surface area contributed by atoms with Crippen LogP contribution in [0, 0.1) is 0 Å². The molecule has 0 saturated carbocycles. The van der Waals surface area contributed by atoms with Gasteiger partial charge in [0.15, 0.2) is 0 Å². The van der Waals surface area contributed by atoms with Crippen LogP contribution >= 0.6 is 0 Å². The molecule has 92 valence electrons. The molecule has 0 radical (unpaired) electrons. The predicted molar refractivity (Wildman–Crippen MR) is 68.1 cm³/mol. The van der Waals surface area contributed by atoms with Gasteiger partial charge < -0.3 is 10.4 Å². The van der Waals surface area contributed by atoms with E-state index in [0.29, 0.717) is 17.8 Å². The van der Waals surface area contributed by atoms with Crippen LogP contribution in [0.25, 0.3) is 0 Å². The Kier molecular flexibility index (Phi) is 3.04. The summed E-state index contributed by atoms with van der Waals surface area (Å²) in [5.74, 6) is 0.436. The van der Waals surface area contributed by atoms with E-state index in [4.69, 9.17) is 0 Å². The van der Waals surface area contributed by atoms with Crippen LogP contribution in [0.3, 0.4) is 0 Å². The lowest BCUT2D eigenvalue weighted by atomic mass is 9.93. The highest BCUT2D eigenvalue weighted by Crippen LogP contribution is 2.34. The van der Waals surface area contributed by atoms with Gasteiger partial charge in [-0.1, -0.05) is 24.6 Å². The van der Waals surface area contributed by atoms with E-state index in [1.807, 2.05) is 12.1 Å². The molecule has 0 bridgehead atoms. The number of nitrogens with zero attached hydrogens (tertiary/aromatic N) is 1. The van der Waals surface area contributed by atoms with E-state index in [-0.39, 0.29) is 0 Å². The average Bonchev–Trinajstić information content (AvgIpc) is 2.39. The topological polar surface area (TPSA) is 35.5 Å². The minimum absolute atomic E-state index is 0.343. The zero-order chi connectivity index (χ0) is 11.7. The second-order valence-corrected chi connectivity index (χ2v) is 5.12. The molecule has 0 aliphatic carbocycles. The number of phenols is 1. The second-order valence-electron chi connectivity index (χ2n) is 5.12. The number of piperidine rings is 1. The first-order valence-corrected chi connectivity index (χ1v) is 6.60. The van der Waals surface area contributed by atoms with Gasteiger partial charge in [0, 0.05) is 24.7 Å². The molecule has 2 fully saturated rings. The molecule has 3 nitrogen and oxygen atoms in total. The summed E-state index contributed by atoms with van der Waals surface area (Å²) in [4.78, 5) is 2.58. The lowest BCUT2D eigenvalue weighted by molar-refractivity contribution is 0.0631. The van der Waals surface area contributed by atoms with E-state index in [1.54, 1.807) is 6.07 Å². The number of piperazine rings is 1. The fourth-order valence-electron chi connectivity index (χ4n) is 3.21. The highest BCUT2D eigenvalue weighted by Gasteiger charge is 2.33. The third kappa shape index (κ3) is 2.05. The Hall–Kier alpha value is -1.06. The molecule has 2 saturated heterocycles. The Balaban J connectivity index is 1.88. The summed E-state index contributed by atoms with van der Waals surface area (Å²) in [5, 5.41) is 13.5. The number of hydrogen-bond donors (Lipinski definition) is 2. The highest BCUT2D eigenvalue weighted by molar-refractivity contribution is 5.35. The number of fused-ring (bicyclic) bond motifs is 1. The number of aromatic hydroxyl groups is 1. The van der Waals surface area contributed by atoms with E-state index in [9.17, 15) is 5.11 Å². The van der Waals surface area contributed by atoms with Crippen molar-refractivity contribution in [3.05, 3.63) is 29.8 Å². The second kappa shape index (κ2) is 4.67. The fourth-order valence-corrected chi connectivity index (χ4v) is 3.21. The van der Waals surface area contributed by atoms with E-state index in [2.05, 4.69) is 16.3 Å². The average molecular weight is 232 g/mol. The lowest BCUT2D eigenvalue weighted by Gasteiger charge is -2.45. The largest absolute Gasteiger partial charge is 0.508 e. The summed E-state index contributed by atoms with van der Waals surface area (Å²) in [6.07, 6.45) is 3.92. The van der Waals surface area contributed by atoms with Crippen LogP contribution in [0.4, 0.5) is 0 Å². The molecule has 3 heteroatoms. The van der Waals surface area contributed by atoms with Crippen molar-refractivity contribution in [2.75, 3.05) is 19.6 Å². The van der Waals surface area contributed by atoms with Crippen molar-refractivity contribution in [1.82, 2.24) is 10.2 Å². The van der Waals surface area contributed by atoms with Crippen molar-refractivity contribution in [2.45, 2.75) is 31.3 Å². The van der Waals surface area contributed by atoms with E-state index < -0.39 is 0 Å². The smallest absolute Gasteiger partial charge is 0.120 e. The molecule has 1 aromatic carbocycles. The maximum atomic E-state index is 10.00. The lowest BCUT2D eigenvalue weighted by Crippen LogP contribution is -2.54. The Bertz CT molecular complexity index is 392. The molecule has 17 heavy (non-hydrogen) atoms. The molecule has 2 N–H and O–H groups in total. The number of rotatable bonds is 1. The number of benzene rings is 1. The SMILES string of the molecule is Oc1ccccc1C1CNCC2CCCCN21. The van der Waals surface area contributed by atoms with Gasteiger partial charge in [-0.25, -0.2) is 0 Å². The van der Waals surface area contributed by atoms with Crippen molar-refractivity contribution < 1.29 is 5.11 Å². The highest BCUT2D eigenvalue weighted by atomic mass is 16.3. The molecule has 0 amide bonds. The van der Waals surface area contributed by atoms with Crippen LogP contribution in [0.15, 0.2) is 24.3 Å². The van der Waals surface area contributed by atoms with Gasteiger partial charge in [0.1, 0.15) is 5.75 Å². The molecule has 3 rings (SSSR count). The van der Waals surface area contributed by atoms with E-state index >= 15 is 0 Å². The zero-order valence-corrected chi connectivity index (χ0v) is 10.1. The molecule has 1 aromatic rings. The van der Waals surface area contributed by atoms with Crippen LogP contribution in [0.1, 0.15) is 30.9 Å². The van der Waals surface area contributed by atoms with Gasteiger partial charge in [0.25, 0.3) is 0 Å². The monoisotopic (exact) mass is 232 g/mol. The maximum Gasteiger partial charge on any atom is 0.120 e. The van der Waals surface area contributed by atoms with Gasteiger partial charge in [-0.2, -0.15) is 0 Å². The summed E-state index contributed by atoms with van der Waals surface area (Å²) in [6, 6.07) is 8.75. The van der Waals surface area contributed by atoms with E-state index in [0.717, 1.165) is 18.7 Å². The summed E-state index contributed by atoms with van der Waals surface area (Å²) in [7, 11) is 0. The third-order valence-corrected chi connectivity index (χ3v) is 4.09. The summed E-state index contributed by atoms with van der Waals surface area (Å²) >= 11 is 0. The summed E-state index contributed by atoms with van der Waals surface area (Å²) in [6.45, 7) is 3.23.